The number of nitrogens with one attached hydrogen (secondary N) is 1. The highest BCUT2D eigenvalue weighted by Gasteiger charge is 2.29. The number of rotatable bonds is 5. The zero-order valence-corrected chi connectivity index (χ0v) is 17.5. The highest BCUT2D eigenvalue weighted by atomic mass is 35.5. The van der Waals surface area contributed by atoms with Crippen LogP contribution in [0, 0.1) is 0 Å². The lowest BCUT2D eigenvalue weighted by Gasteiger charge is -2.28. The normalized spacial score (nSPS) is 19.7. The molecule has 0 saturated carbocycles. The first-order valence-electron chi connectivity index (χ1n) is 9.71. The molecule has 154 valence electrons. The maximum absolute atomic E-state index is 13.2. The Morgan fingerprint density at radius 2 is 2.00 bits per heavy atom. The van der Waals surface area contributed by atoms with Crippen LogP contribution in [0.5, 0.6) is 0 Å². The molecular formula is C21H23ClN2O4S. The Morgan fingerprint density at radius 3 is 2.76 bits per heavy atom. The van der Waals surface area contributed by atoms with Gasteiger partial charge in [-0.25, -0.2) is 8.42 Å². The monoisotopic (exact) mass is 434 g/mol. The summed E-state index contributed by atoms with van der Waals surface area (Å²) in [7, 11) is -3.74. The lowest BCUT2D eigenvalue weighted by Crippen LogP contribution is -2.36. The molecule has 2 aliphatic rings. The first-order valence-corrected chi connectivity index (χ1v) is 11.5. The van der Waals surface area contributed by atoms with E-state index in [1.165, 1.54) is 28.1 Å². The van der Waals surface area contributed by atoms with Crippen LogP contribution in [0.4, 0.5) is 0 Å². The van der Waals surface area contributed by atoms with Crippen LogP contribution in [0.2, 0.25) is 5.02 Å². The first kappa shape index (κ1) is 20.3. The molecule has 2 aromatic rings. The van der Waals surface area contributed by atoms with Crippen LogP contribution in [0.3, 0.4) is 0 Å². The lowest BCUT2D eigenvalue weighted by molar-refractivity contribution is 0.0857. The Kier molecular flexibility index (Phi) is 5.92. The molecule has 1 amide bonds. The molecule has 0 bridgehead atoms. The molecule has 0 aromatic heterocycles. The number of halogens is 1. The van der Waals surface area contributed by atoms with E-state index in [0.29, 0.717) is 32.7 Å². The number of ether oxygens (including phenoxy) is 1. The summed E-state index contributed by atoms with van der Waals surface area (Å²) < 4.78 is 33.3. The highest BCUT2D eigenvalue weighted by Crippen LogP contribution is 2.27. The predicted molar refractivity (Wildman–Crippen MR) is 111 cm³/mol. The largest absolute Gasteiger partial charge is 0.376 e. The Balaban J connectivity index is 1.53. The van der Waals surface area contributed by atoms with Gasteiger partial charge in [-0.15, -0.1) is 0 Å². The van der Waals surface area contributed by atoms with Crippen molar-refractivity contribution < 1.29 is 17.9 Å². The maximum atomic E-state index is 13.2. The summed E-state index contributed by atoms with van der Waals surface area (Å²) in [5, 5.41) is 3.02. The van der Waals surface area contributed by atoms with E-state index in [2.05, 4.69) is 5.32 Å². The number of hydrogen-bond donors (Lipinski definition) is 1. The van der Waals surface area contributed by atoms with Crippen LogP contribution < -0.4 is 5.32 Å². The second-order valence-corrected chi connectivity index (χ2v) is 9.69. The first-order chi connectivity index (χ1) is 13.9. The molecule has 0 unspecified atom stereocenters. The van der Waals surface area contributed by atoms with Gasteiger partial charge in [0, 0.05) is 26.2 Å². The van der Waals surface area contributed by atoms with Gasteiger partial charge in [-0.3, -0.25) is 4.79 Å². The third kappa shape index (κ3) is 4.33. The van der Waals surface area contributed by atoms with Gasteiger partial charge in [-0.2, -0.15) is 4.31 Å². The number of carbonyl (C=O) groups excluding carboxylic acids is 1. The van der Waals surface area contributed by atoms with Crippen molar-refractivity contribution >= 4 is 27.5 Å². The van der Waals surface area contributed by atoms with Crippen LogP contribution >= 0.6 is 11.6 Å². The molecule has 0 radical (unpaired) electrons. The predicted octanol–water partition coefficient (Wildman–Crippen LogP) is 3.00. The van der Waals surface area contributed by atoms with Crippen LogP contribution in [-0.4, -0.2) is 44.4 Å². The molecule has 1 N–H and O–H groups in total. The van der Waals surface area contributed by atoms with E-state index in [1.807, 2.05) is 24.3 Å². The van der Waals surface area contributed by atoms with Crippen LogP contribution in [0.25, 0.3) is 0 Å². The van der Waals surface area contributed by atoms with Crippen molar-refractivity contribution in [3.63, 3.8) is 0 Å². The van der Waals surface area contributed by atoms with E-state index >= 15 is 0 Å². The summed E-state index contributed by atoms with van der Waals surface area (Å²) in [6.07, 6.45) is 2.54. The van der Waals surface area contributed by atoms with Gasteiger partial charge in [0.1, 0.15) is 0 Å². The van der Waals surface area contributed by atoms with Crippen molar-refractivity contribution in [2.75, 3.05) is 19.7 Å². The van der Waals surface area contributed by atoms with Gasteiger partial charge in [0.15, 0.2) is 0 Å². The summed E-state index contributed by atoms with van der Waals surface area (Å²) in [5.74, 6) is -0.397. The number of amides is 1. The lowest BCUT2D eigenvalue weighted by atomic mass is 10.0. The Morgan fingerprint density at radius 1 is 1.21 bits per heavy atom. The molecule has 2 aromatic carbocycles. The maximum Gasteiger partial charge on any atom is 0.252 e. The van der Waals surface area contributed by atoms with Crippen molar-refractivity contribution in [2.24, 2.45) is 0 Å². The van der Waals surface area contributed by atoms with Gasteiger partial charge in [-0.1, -0.05) is 35.9 Å². The third-order valence-electron chi connectivity index (χ3n) is 5.43. The molecule has 2 heterocycles. The third-order valence-corrected chi connectivity index (χ3v) is 7.60. The molecule has 1 fully saturated rings. The van der Waals surface area contributed by atoms with E-state index in [0.717, 1.165) is 18.4 Å². The van der Waals surface area contributed by atoms with Gasteiger partial charge in [-0.05, 0) is 48.6 Å². The van der Waals surface area contributed by atoms with Gasteiger partial charge in [0.25, 0.3) is 5.91 Å². The summed E-state index contributed by atoms with van der Waals surface area (Å²) >= 11 is 6.19. The summed E-state index contributed by atoms with van der Waals surface area (Å²) in [5.41, 5.74) is 2.33. The van der Waals surface area contributed by atoms with Crippen molar-refractivity contribution in [3.8, 4) is 0 Å². The molecule has 4 rings (SSSR count). The smallest absolute Gasteiger partial charge is 0.252 e. The fourth-order valence-corrected chi connectivity index (χ4v) is 5.42. The topological polar surface area (TPSA) is 75.7 Å². The SMILES string of the molecule is O=C(NC[C@H]1CCCO1)c1cc(S(=O)(=O)N2CCc3ccccc3C2)ccc1Cl. The van der Waals surface area contributed by atoms with E-state index in [1.54, 1.807) is 0 Å². The molecule has 1 saturated heterocycles. The van der Waals surface area contributed by atoms with Crippen LogP contribution in [0.15, 0.2) is 47.4 Å². The summed E-state index contributed by atoms with van der Waals surface area (Å²) in [6, 6.07) is 12.1. The van der Waals surface area contributed by atoms with Crippen LogP contribution in [0.1, 0.15) is 34.3 Å². The number of fused-ring (bicyclic) bond motifs is 1. The zero-order valence-electron chi connectivity index (χ0n) is 15.9. The number of hydrogen-bond acceptors (Lipinski definition) is 4. The summed E-state index contributed by atoms with van der Waals surface area (Å²) in [6.45, 7) is 1.81. The minimum absolute atomic E-state index is 0.00180. The number of carbonyl (C=O) groups is 1. The van der Waals surface area contributed by atoms with E-state index in [9.17, 15) is 13.2 Å². The molecule has 0 spiro atoms. The van der Waals surface area contributed by atoms with E-state index < -0.39 is 15.9 Å². The van der Waals surface area contributed by atoms with Crippen molar-refractivity contribution in [1.29, 1.82) is 0 Å². The summed E-state index contributed by atoms with van der Waals surface area (Å²) in [4.78, 5) is 12.7. The van der Waals surface area contributed by atoms with Crippen LogP contribution in [-0.2, 0) is 27.7 Å². The second-order valence-electron chi connectivity index (χ2n) is 7.34. The molecular weight excluding hydrogens is 412 g/mol. The zero-order chi connectivity index (χ0) is 20.4. The number of nitrogens with zero attached hydrogens (tertiary/aromatic N) is 1. The standard InChI is InChI=1S/C21H23ClN2O4S/c22-20-8-7-18(12-19(20)21(25)23-13-17-6-3-11-28-17)29(26,27)24-10-9-15-4-1-2-5-16(15)14-24/h1-2,4-5,7-8,12,17H,3,6,9-11,13-14H2,(H,23,25)/t17-/m1/s1. The highest BCUT2D eigenvalue weighted by molar-refractivity contribution is 7.89. The Bertz CT molecular complexity index is 1020. The fourth-order valence-electron chi connectivity index (χ4n) is 3.77. The average Bonchev–Trinajstić information content (AvgIpc) is 3.25. The Labute approximate surface area is 175 Å². The minimum atomic E-state index is -3.74. The Hall–Kier alpha value is -1.93. The molecule has 29 heavy (non-hydrogen) atoms. The molecule has 0 aliphatic carbocycles. The average molecular weight is 435 g/mol. The molecule has 6 nitrogen and oxygen atoms in total. The number of sulfonamides is 1. The van der Waals surface area contributed by atoms with E-state index in [4.69, 9.17) is 16.3 Å². The van der Waals surface area contributed by atoms with Gasteiger partial charge < -0.3 is 10.1 Å². The van der Waals surface area contributed by atoms with Crippen molar-refractivity contribution in [1.82, 2.24) is 9.62 Å². The van der Waals surface area contributed by atoms with Gasteiger partial charge >= 0.3 is 0 Å². The molecule has 1 atom stereocenters. The minimum Gasteiger partial charge on any atom is -0.376 e. The van der Waals surface area contributed by atoms with Gasteiger partial charge in [0.05, 0.1) is 21.6 Å². The second kappa shape index (κ2) is 8.44. The molecule has 2 aliphatic heterocycles. The molecule has 8 heteroatoms. The number of benzene rings is 2. The van der Waals surface area contributed by atoms with E-state index in [-0.39, 0.29) is 21.6 Å². The van der Waals surface area contributed by atoms with Crippen molar-refractivity contribution in [3.05, 3.63) is 64.2 Å². The fraction of sp³-hybridized carbons (Fsp3) is 0.381. The van der Waals surface area contributed by atoms with Gasteiger partial charge in [0.2, 0.25) is 10.0 Å². The quantitative estimate of drug-likeness (QED) is 0.784. The van der Waals surface area contributed by atoms with Crippen molar-refractivity contribution in [2.45, 2.75) is 36.8 Å².